The van der Waals surface area contributed by atoms with Gasteiger partial charge in [0, 0.05) is 38.3 Å². The molecule has 3 rings (SSSR count). The number of β-amino-alcohol motifs (C(OH)–C–C–N with tert-alkyl or cyclic N) is 1. The van der Waals surface area contributed by atoms with Gasteiger partial charge in [-0.25, -0.2) is 0 Å². The van der Waals surface area contributed by atoms with Gasteiger partial charge >= 0.3 is 0 Å². The first-order valence-electron chi connectivity index (χ1n) is 7.76. The van der Waals surface area contributed by atoms with Crippen molar-refractivity contribution < 1.29 is 19.4 Å². The van der Waals surface area contributed by atoms with Crippen LogP contribution >= 0.6 is 0 Å². The minimum atomic E-state index is -0.281. The number of aliphatic hydroxyl groups excluding tert-OH is 1. The molecule has 0 spiro atoms. The topological polar surface area (TPSA) is 62.2 Å². The van der Waals surface area contributed by atoms with Gasteiger partial charge in [-0.2, -0.15) is 0 Å². The summed E-state index contributed by atoms with van der Waals surface area (Å²) < 4.78 is 10.6. The summed E-state index contributed by atoms with van der Waals surface area (Å²) in [6.07, 6.45) is 0.479. The number of carbonyl (C=O) groups excluding carboxylic acids is 1. The first-order valence-corrected chi connectivity index (χ1v) is 7.76. The second-order valence-corrected chi connectivity index (χ2v) is 5.72. The van der Waals surface area contributed by atoms with Crippen LogP contribution in [0.3, 0.4) is 0 Å². The van der Waals surface area contributed by atoms with Crippen molar-refractivity contribution in [3.8, 4) is 11.5 Å². The van der Waals surface area contributed by atoms with Gasteiger partial charge in [0.05, 0.1) is 6.10 Å². The second kappa shape index (κ2) is 6.54. The van der Waals surface area contributed by atoms with Gasteiger partial charge < -0.3 is 19.5 Å². The number of fused-ring (bicyclic) bond motifs is 1. The van der Waals surface area contributed by atoms with Crippen LogP contribution in [0, 0.1) is 0 Å². The first kappa shape index (κ1) is 15.1. The molecule has 120 valence electrons. The normalized spacial score (nSPS) is 19.3. The molecular formula is C16H22N2O4. The van der Waals surface area contributed by atoms with E-state index >= 15 is 0 Å². The molecular weight excluding hydrogens is 284 g/mol. The lowest BCUT2D eigenvalue weighted by atomic mass is 10.1. The summed E-state index contributed by atoms with van der Waals surface area (Å²) in [4.78, 5) is 16.6. The molecule has 0 unspecified atom stereocenters. The molecule has 22 heavy (non-hydrogen) atoms. The van der Waals surface area contributed by atoms with Crippen molar-refractivity contribution in [3.63, 3.8) is 0 Å². The highest BCUT2D eigenvalue weighted by Crippen LogP contribution is 2.32. The van der Waals surface area contributed by atoms with Gasteiger partial charge in [0.25, 0.3) is 5.91 Å². The van der Waals surface area contributed by atoms with Gasteiger partial charge in [-0.3, -0.25) is 9.69 Å². The van der Waals surface area contributed by atoms with E-state index in [-0.39, 0.29) is 18.8 Å². The highest BCUT2D eigenvalue weighted by molar-refractivity contribution is 5.95. The van der Waals surface area contributed by atoms with E-state index in [4.69, 9.17) is 9.47 Å². The van der Waals surface area contributed by atoms with E-state index in [2.05, 4.69) is 4.90 Å². The molecule has 1 saturated heterocycles. The Hall–Kier alpha value is -1.79. The fraction of sp³-hybridized carbons (Fsp3) is 0.562. The monoisotopic (exact) mass is 306 g/mol. The number of hydrogen-bond donors (Lipinski definition) is 1. The maximum Gasteiger partial charge on any atom is 0.254 e. The zero-order valence-electron chi connectivity index (χ0n) is 12.8. The molecule has 1 atom stereocenters. The maximum absolute atomic E-state index is 12.5. The zero-order valence-corrected chi connectivity index (χ0v) is 12.8. The van der Waals surface area contributed by atoms with E-state index in [1.54, 1.807) is 18.2 Å². The minimum absolute atomic E-state index is 0.0222. The molecule has 0 aromatic heterocycles. The van der Waals surface area contributed by atoms with Gasteiger partial charge in [0.15, 0.2) is 11.5 Å². The lowest BCUT2D eigenvalue weighted by Crippen LogP contribution is -2.50. The first-order chi connectivity index (χ1) is 10.7. The number of piperazine rings is 1. The fourth-order valence-electron chi connectivity index (χ4n) is 2.77. The van der Waals surface area contributed by atoms with Crippen molar-refractivity contribution in [3.05, 3.63) is 23.8 Å². The van der Waals surface area contributed by atoms with E-state index in [1.807, 2.05) is 11.8 Å². The molecule has 6 nitrogen and oxygen atoms in total. The standard InChI is InChI=1S/C16H22N2O4/c1-2-13(19)10-17-5-7-18(8-6-17)16(20)12-3-4-14-15(9-12)22-11-21-14/h3-4,9,13,19H,2,5-8,10-11H2,1H3/t13-/m0/s1. The van der Waals surface area contributed by atoms with Crippen LogP contribution in [0.25, 0.3) is 0 Å². The Morgan fingerprint density at radius 2 is 1.95 bits per heavy atom. The largest absolute Gasteiger partial charge is 0.454 e. The molecule has 0 saturated carbocycles. The van der Waals surface area contributed by atoms with Crippen LogP contribution in [-0.2, 0) is 0 Å². The quantitative estimate of drug-likeness (QED) is 0.897. The third-order valence-electron chi connectivity index (χ3n) is 4.22. The number of amides is 1. The van der Waals surface area contributed by atoms with Crippen LogP contribution in [0.2, 0.25) is 0 Å². The lowest BCUT2D eigenvalue weighted by molar-refractivity contribution is 0.0523. The van der Waals surface area contributed by atoms with Gasteiger partial charge in [-0.1, -0.05) is 6.92 Å². The Morgan fingerprint density at radius 3 is 2.68 bits per heavy atom. The Morgan fingerprint density at radius 1 is 1.23 bits per heavy atom. The van der Waals surface area contributed by atoms with Gasteiger partial charge in [-0.15, -0.1) is 0 Å². The van der Waals surface area contributed by atoms with E-state index in [0.717, 1.165) is 19.5 Å². The number of benzene rings is 1. The van der Waals surface area contributed by atoms with Gasteiger partial charge in [-0.05, 0) is 24.6 Å². The molecule has 0 aliphatic carbocycles. The summed E-state index contributed by atoms with van der Waals surface area (Å²) in [5, 5.41) is 9.70. The third kappa shape index (κ3) is 3.18. The lowest BCUT2D eigenvalue weighted by Gasteiger charge is -2.35. The van der Waals surface area contributed by atoms with Crippen molar-refractivity contribution in [2.75, 3.05) is 39.5 Å². The number of nitrogens with zero attached hydrogens (tertiary/aromatic N) is 2. The molecule has 1 amide bonds. The molecule has 0 bridgehead atoms. The van der Waals surface area contributed by atoms with Gasteiger partial charge in [0.2, 0.25) is 6.79 Å². The third-order valence-corrected chi connectivity index (χ3v) is 4.22. The number of ether oxygens (including phenoxy) is 2. The summed E-state index contributed by atoms with van der Waals surface area (Å²) in [5.74, 6) is 1.35. The van der Waals surface area contributed by atoms with Crippen LogP contribution in [0.4, 0.5) is 0 Å². The summed E-state index contributed by atoms with van der Waals surface area (Å²) in [6.45, 7) is 5.84. The Labute approximate surface area is 130 Å². The van der Waals surface area contributed by atoms with Crippen LogP contribution in [-0.4, -0.2) is 66.4 Å². The highest BCUT2D eigenvalue weighted by atomic mass is 16.7. The highest BCUT2D eigenvalue weighted by Gasteiger charge is 2.24. The van der Waals surface area contributed by atoms with Crippen LogP contribution in [0.1, 0.15) is 23.7 Å². The Bertz CT molecular complexity index is 541. The van der Waals surface area contributed by atoms with E-state index in [9.17, 15) is 9.90 Å². The van der Waals surface area contributed by atoms with E-state index < -0.39 is 0 Å². The molecule has 2 aliphatic rings. The van der Waals surface area contributed by atoms with E-state index in [0.29, 0.717) is 36.7 Å². The summed E-state index contributed by atoms with van der Waals surface area (Å²) in [7, 11) is 0. The predicted molar refractivity (Wildman–Crippen MR) is 81.2 cm³/mol. The van der Waals surface area contributed by atoms with Crippen LogP contribution < -0.4 is 9.47 Å². The van der Waals surface area contributed by atoms with Crippen LogP contribution in [0.5, 0.6) is 11.5 Å². The van der Waals surface area contributed by atoms with Crippen LogP contribution in [0.15, 0.2) is 18.2 Å². The maximum atomic E-state index is 12.5. The molecule has 0 radical (unpaired) electrons. The number of aliphatic hydroxyl groups is 1. The van der Waals surface area contributed by atoms with Crippen molar-refractivity contribution in [1.29, 1.82) is 0 Å². The van der Waals surface area contributed by atoms with Crippen molar-refractivity contribution in [2.45, 2.75) is 19.4 Å². The molecule has 1 N–H and O–H groups in total. The van der Waals surface area contributed by atoms with Crippen molar-refractivity contribution >= 4 is 5.91 Å². The van der Waals surface area contributed by atoms with E-state index in [1.165, 1.54) is 0 Å². The summed E-state index contributed by atoms with van der Waals surface area (Å²) in [6, 6.07) is 5.31. The second-order valence-electron chi connectivity index (χ2n) is 5.72. The Balaban J connectivity index is 1.58. The van der Waals surface area contributed by atoms with Gasteiger partial charge in [0.1, 0.15) is 0 Å². The summed E-state index contributed by atoms with van der Waals surface area (Å²) >= 11 is 0. The number of rotatable bonds is 4. The average Bonchev–Trinajstić information content (AvgIpc) is 3.02. The Kier molecular flexibility index (Phi) is 4.49. The smallest absolute Gasteiger partial charge is 0.254 e. The fourth-order valence-corrected chi connectivity index (χ4v) is 2.77. The average molecular weight is 306 g/mol. The molecule has 6 heteroatoms. The number of carbonyl (C=O) groups is 1. The molecule has 2 aliphatic heterocycles. The SMILES string of the molecule is CC[C@H](O)CN1CCN(C(=O)c2ccc3c(c2)OCO3)CC1. The summed E-state index contributed by atoms with van der Waals surface area (Å²) in [5.41, 5.74) is 0.631. The molecule has 2 heterocycles. The molecule has 1 aromatic rings. The zero-order chi connectivity index (χ0) is 15.5. The minimum Gasteiger partial charge on any atom is -0.454 e. The van der Waals surface area contributed by atoms with Crippen molar-refractivity contribution in [1.82, 2.24) is 9.80 Å². The molecule has 1 fully saturated rings. The molecule has 1 aromatic carbocycles. The number of hydrogen-bond acceptors (Lipinski definition) is 5. The van der Waals surface area contributed by atoms with Crippen molar-refractivity contribution in [2.24, 2.45) is 0 Å². The predicted octanol–water partition coefficient (Wildman–Crippen LogP) is 0.944.